The third kappa shape index (κ3) is 2.53. The molecule has 0 aliphatic rings. The van der Waals surface area contributed by atoms with Crippen molar-refractivity contribution in [1.29, 1.82) is 0 Å². The van der Waals surface area contributed by atoms with Gasteiger partial charge in [-0.15, -0.1) is 0 Å². The quantitative estimate of drug-likeness (QED) is 0.868. The molecule has 0 spiro atoms. The number of hydrogen-bond donors (Lipinski definition) is 1. The monoisotopic (exact) mass is 231 g/mol. The van der Waals surface area contributed by atoms with Gasteiger partial charge in [-0.05, 0) is 31.5 Å². The van der Waals surface area contributed by atoms with E-state index < -0.39 is 0 Å². The van der Waals surface area contributed by atoms with Gasteiger partial charge in [-0.1, -0.05) is 6.07 Å². The van der Waals surface area contributed by atoms with Gasteiger partial charge < -0.3 is 9.88 Å². The van der Waals surface area contributed by atoms with Crippen LogP contribution < -0.4 is 5.32 Å². The topological polar surface area (TPSA) is 46.9 Å². The molecule has 1 aromatic carbocycles. The zero-order chi connectivity index (χ0) is 12.4. The number of nitrogens with one attached hydrogen (secondary N) is 1. The molecule has 0 aliphatic heterocycles. The highest BCUT2D eigenvalue weighted by atomic mass is 16.1. The van der Waals surface area contributed by atoms with Crippen LogP contribution in [0.2, 0.25) is 0 Å². The van der Waals surface area contributed by atoms with Gasteiger partial charge in [0.25, 0.3) is 0 Å². The maximum absolute atomic E-state index is 10.8. The van der Waals surface area contributed by atoms with Crippen LogP contribution in [0.15, 0.2) is 18.2 Å². The van der Waals surface area contributed by atoms with Crippen LogP contribution in [0, 0.1) is 6.92 Å². The molecule has 1 heterocycles. The molecule has 0 radical (unpaired) electrons. The van der Waals surface area contributed by atoms with E-state index in [0.29, 0.717) is 13.1 Å². The van der Waals surface area contributed by atoms with Crippen LogP contribution >= 0.6 is 0 Å². The Bertz CT molecular complexity index is 557. The number of carbonyl (C=O) groups excluding carboxylic acids is 1. The van der Waals surface area contributed by atoms with Crippen LogP contribution in [0.3, 0.4) is 0 Å². The van der Waals surface area contributed by atoms with Crippen molar-refractivity contribution < 1.29 is 4.79 Å². The fraction of sp³-hybridized carbons (Fsp3) is 0.385. The molecule has 2 rings (SSSR count). The summed E-state index contributed by atoms with van der Waals surface area (Å²) in [6.45, 7) is 4.69. The van der Waals surface area contributed by atoms with Gasteiger partial charge in [-0.25, -0.2) is 4.98 Å². The first-order valence-electron chi connectivity index (χ1n) is 5.70. The van der Waals surface area contributed by atoms with E-state index in [1.165, 1.54) is 0 Å². The zero-order valence-electron chi connectivity index (χ0n) is 10.4. The molecular weight excluding hydrogens is 214 g/mol. The minimum Gasteiger partial charge on any atom is -0.331 e. The Morgan fingerprint density at radius 3 is 2.94 bits per heavy atom. The van der Waals surface area contributed by atoms with Crippen molar-refractivity contribution >= 4 is 16.8 Å². The lowest BCUT2D eigenvalue weighted by molar-refractivity contribution is -0.116. The van der Waals surface area contributed by atoms with E-state index in [9.17, 15) is 4.79 Å². The summed E-state index contributed by atoms with van der Waals surface area (Å²) in [5.41, 5.74) is 3.29. The molecule has 0 aliphatic carbocycles. The molecule has 0 amide bonds. The van der Waals surface area contributed by atoms with Crippen LogP contribution in [-0.2, 0) is 18.4 Å². The molecule has 4 heteroatoms. The molecule has 0 fully saturated rings. The molecule has 4 nitrogen and oxygen atoms in total. The number of aromatic nitrogens is 2. The summed E-state index contributed by atoms with van der Waals surface area (Å²) in [4.78, 5) is 15.3. The number of nitrogens with zero attached hydrogens (tertiary/aromatic N) is 2. The van der Waals surface area contributed by atoms with Crippen molar-refractivity contribution in [2.45, 2.75) is 20.4 Å². The number of benzene rings is 1. The first-order valence-corrected chi connectivity index (χ1v) is 5.70. The van der Waals surface area contributed by atoms with E-state index in [1.807, 2.05) is 14.0 Å². The number of carbonyl (C=O) groups is 1. The SMILES string of the molecule is CC(=O)CNCc1ccc2c(c1)nc(C)n2C. The third-order valence-electron chi connectivity index (χ3n) is 2.87. The van der Waals surface area contributed by atoms with Gasteiger partial charge in [-0.2, -0.15) is 0 Å². The molecule has 17 heavy (non-hydrogen) atoms. The lowest BCUT2D eigenvalue weighted by Crippen LogP contribution is -2.20. The number of rotatable bonds is 4. The Morgan fingerprint density at radius 2 is 2.24 bits per heavy atom. The summed E-state index contributed by atoms with van der Waals surface area (Å²) in [6, 6.07) is 6.20. The summed E-state index contributed by atoms with van der Waals surface area (Å²) in [5, 5.41) is 3.10. The highest BCUT2D eigenvalue weighted by Gasteiger charge is 2.04. The lowest BCUT2D eigenvalue weighted by atomic mass is 10.2. The molecular formula is C13H17N3O. The number of imidazole rings is 1. The van der Waals surface area contributed by atoms with Crippen molar-refractivity contribution in [3.8, 4) is 0 Å². The van der Waals surface area contributed by atoms with Gasteiger partial charge in [0.1, 0.15) is 11.6 Å². The second kappa shape index (κ2) is 4.67. The van der Waals surface area contributed by atoms with Gasteiger partial charge in [-0.3, -0.25) is 4.79 Å². The molecule has 1 aromatic heterocycles. The number of aryl methyl sites for hydroxylation is 2. The normalized spacial score (nSPS) is 11.0. The Balaban J connectivity index is 2.17. The molecule has 0 saturated heterocycles. The Morgan fingerprint density at radius 1 is 1.47 bits per heavy atom. The summed E-state index contributed by atoms with van der Waals surface area (Å²) in [5.74, 6) is 1.16. The first kappa shape index (κ1) is 11.8. The fourth-order valence-electron chi connectivity index (χ4n) is 1.86. The maximum Gasteiger partial charge on any atom is 0.143 e. The summed E-state index contributed by atoms with van der Waals surface area (Å²) in [7, 11) is 2.01. The second-order valence-electron chi connectivity index (χ2n) is 4.35. The number of fused-ring (bicyclic) bond motifs is 1. The molecule has 2 aromatic rings. The van der Waals surface area contributed by atoms with Crippen LogP contribution in [0.1, 0.15) is 18.3 Å². The van der Waals surface area contributed by atoms with Crippen molar-refractivity contribution in [3.05, 3.63) is 29.6 Å². The van der Waals surface area contributed by atoms with E-state index >= 15 is 0 Å². The highest BCUT2D eigenvalue weighted by molar-refractivity contribution is 5.78. The van der Waals surface area contributed by atoms with E-state index in [4.69, 9.17) is 0 Å². The summed E-state index contributed by atoms with van der Waals surface area (Å²) in [6.07, 6.45) is 0. The molecule has 0 saturated carbocycles. The minimum atomic E-state index is 0.153. The standard InChI is InChI=1S/C13H17N3O/c1-9(17)7-14-8-11-4-5-13-12(6-11)15-10(2)16(13)3/h4-6,14H,7-8H2,1-3H3. The first-order chi connectivity index (χ1) is 8.08. The van der Waals surface area contributed by atoms with E-state index in [-0.39, 0.29) is 5.78 Å². The largest absolute Gasteiger partial charge is 0.331 e. The smallest absolute Gasteiger partial charge is 0.143 e. The lowest BCUT2D eigenvalue weighted by Gasteiger charge is -2.03. The van der Waals surface area contributed by atoms with Gasteiger partial charge in [0, 0.05) is 13.6 Å². The zero-order valence-corrected chi connectivity index (χ0v) is 10.4. The number of Topliss-reactive ketones (excluding diaryl/α,β-unsaturated/α-hetero) is 1. The van der Waals surface area contributed by atoms with Crippen LogP contribution in [0.4, 0.5) is 0 Å². The van der Waals surface area contributed by atoms with Gasteiger partial charge in [0.2, 0.25) is 0 Å². The Hall–Kier alpha value is -1.68. The Kier molecular flexibility index (Phi) is 3.24. The van der Waals surface area contributed by atoms with Crippen molar-refractivity contribution in [3.63, 3.8) is 0 Å². The van der Waals surface area contributed by atoms with Crippen molar-refractivity contribution in [2.75, 3.05) is 6.54 Å². The summed E-state index contributed by atoms with van der Waals surface area (Å²) >= 11 is 0. The molecule has 0 bridgehead atoms. The van der Waals surface area contributed by atoms with Crippen LogP contribution in [-0.4, -0.2) is 21.9 Å². The van der Waals surface area contributed by atoms with Gasteiger partial charge in [0.15, 0.2) is 0 Å². The minimum absolute atomic E-state index is 0.153. The fourth-order valence-corrected chi connectivity index (χ4v) is 1.86. The molecule has 90 valence electrons. The van der Waals surface area contributed by atoms with Crippen molar-refractivity contribution in [1.82, 2.24) is 14.9 Å². The van der Waals surface area contributed by atoms with Crippen LogP contribution in [0.25, 0.3) is 11.0 Å². The third-order valence-corrected chi connectivity index (χ3v) is 2.87. The second-order valence-corrected chi connectivity index (χ2v) is 4.35. The highest BCUT2D eigenvalue weighted by Crippen LogP contribution is 2.16. The van der Waals surface area contributed by atoms with Gasteiger partial charge >= 0.3 is 0 Å². The molecule has 0 unspecified atom stereocenters. The van der Waals surface area contributed by atoms with Gasteiger partial charge in [0.05, 0.1) is 17.6 Å². The average molecular weight is 231 g/mol. The Labute approximate surface area is 101 Å². The van der Waals surface area contributed by atoms with E-state index in [0.717, 1.165) is 22.4 Å². The van der Waals surface area contributed by atoms with Crippen LogP contribution in [0.5, 0.6) is 0 Å². The van der Waals surface area contributed by atoms with E-state index in [2.05, 4.69) is 33.1 Å². The predicted molar refractivity (Wildman–Crippen MR) is 67.8 cm³/mol. The molecule has 1 N–H and O–H groups in total. The van der Waals surface area contributed by atoms with E-state index in [1.54, 1.807) is 6.92 Å². The maximum atomic E-state index is 10.8. The van der Waals surface area contributed by atoms with Crippen molar-refractivity contribution in [2.24, 2.45) is 7.05 Å². The average Bonchev–Trinajstić information content (AvgIpc) is 2.54. The summed E-state index contributed by atoms with van der Waals surface area (Å²) < 4.78 is 2.07. The number of hydrogen-bond acceptors (Lipinski definition) is 3. The molecule has 0 atom stereocenters. The number of ketones is 1. The predicted octanol–water partition coefficient (Wildman–Crippen LogP) is 1.56.